The third-order valence-electron chi connectivity index (χ3n) is 2.71. The Morgan fingerprint density at radius 1 is 1.32 bits per heavy atom. The molecule has 4 nitrogen and oxygen atoms in total. The monoisotopic (exact) mass is 324 g/mol. The number of carbonyl (C=O) groups excluding carboxylic acids is 1. The summed E-state index contributed by atoms with van der Waals surface area (Å²) in [6, 6.07) is 4.93. The maximum atomic E-state index is 11.9. The molecule has 0 saturated carbocycles. The molecule has 1 amide bonds. The number of nitrogens with one attached hydrogen (secondary N) is 1. The zero-order valence-corrected chi connectivity index (χ0v) is 12.5. The van der Waals surface area contributed by atoms with Crippen molar-refractivity contribution in [3.05, 3.63) is 28.2 Å². The van der Waals surface area contributed by atoms with E-state index in [1.54, 1.807) is 23.1 Å². The smallest absolute Gasteiger partial charge is 0.260 e. The maximum Gasteiger partial charge on any atom is 0.260 e. The van der Waals surface area contributed by atoms with Gasteiger partial charge in [-0.25, -0.2) is 0 Å². The highest BCUT2D eigenvalue weighted by atomic mass is 35.5. The highest BCUT2D eigenvalue weighted by Gasteiger charge is 2.16. The molecule has 1 aliphatic heterocycles. The van der Waals surface area contributed by atoms with Crippen LogP contribution in [0.15, 0.2) is 18.2 Å². The second-order valence-electron chi connectivity index (χ2n) is 3.99. The van der Waals surface area contributed by atoms with E-state index in [-0.39, 0.29) is 24.9 Å². The summed E-state index contributed by atoms with van der Waals surface area (Å²) in [6.45, 7) is 3.09. The van der Waals surface area contributed by atoms with Gasteiger partial charge in [-0.15, -0.1) is 12.4 Å². The number of hydrogen-bond acceptors (Lipinski definition) is 3. The van der Waals surface area contributed by atoms with Crippen LogP contribution < -0.4 is 10.1 Å². The number of ether oxygens (including phenoxy) is 1. The second-order valence-corrected chi connectivity index (χ2v) is 4.84. The van der Waals surface area contributed by atoms with Crippen LogP contribution in [0, 0.1) is 0 Å². The summed E-state index contributed by atoms with van der Waals surface area (Å²) in [5.74, 6) is 0.451. The van der Waals surface area contributed by atoms with Crippen molar-refractivity contribution in [3.8, 4) is 5.75 Å². The van der Waals surface area contributed by atoms with Gasteiger partial charge in [-0.3, -0.25) is 4.79 Å². The molecule has 1 heterocycles. The van der Waals surface area contributed by atoms with E-state index in [1.807, 2.05) is 0 Å². The van der Waals surface area contributed by atoms with Crippen LogP contribution in [0.2, 0.25) is 10.0 Å². The van der Waals surface area contributed by atoms with Gasteiger partial charge in [-0.05, 0) is 18.2 Å². The number of piperazine rings is 1. The number of benzene rings is 1. The quantitative estimate of drug-likeness (QED) is 0.926. The standard InChI is InChI=1S/C12H14Cl2N2O2.ClH/c13-9-1-2-11(10(14)7-9)18-8-12(17)16-5-3-15-4-6-16;/h1-2,7,15H,3-6,8H2;1H. The lowest BCUT2D eigenvalue weighted by atomic mass is 10.3. The molecular weight excluding hydrogens is 311 g/mol. The first kappa shape index (κ1) is 16.4. The first-order chi connectivity index (χ1) is 8.66. The largest absolute Gasteiger partial charge is 0.482 e. The minimum absolute atomic E-state index is 0. The lowest BCUT2D eigenvalue weighted by molar-refractivity contribution is -0.133. The molecule has 0 spiro atoms. The molecule has 1 saturated heterocycles. The molecule has 106 valence electrons. The summed E-state index contributed by atoms with van der Waals surface area (Å²) >= 11 is 11.7. The third-order valence-corrected chi connectivity index (χ3v) is 3.25. The molecule has 19 heavy (non-hydrogen) atoms. The zero-order chi connectivity index (χ0) is 13.0. The first-order valence-electron chi connectivity index (χ1n) is 5.73. The van der Waals surface area contributed by atoms with Gasteiger partial charge in [0.1, 0.15) is 5.75 Å². The summed E-state index contributed by atoms with van der Waals surface area (Å²) < 4.78 is 5.40. The molecule has 1 fully saturated rings. The van der Waals surface area contributed by atoms with Gasteiger partial charge in [0.2, 0.25) is 0 Å². The molecular formula is C12H15Cl3N2O2. The van der Waals surface area contributed by atoms with Crippen molar-refractivity contribution in [3.63, 3.8) is 0 Å². The van der Waals surface area contributed by atoms with Crippen LogP contribution in [-0.4, -0.2) is 43.6 Å². The Kier molecular flexibility index (Phi) is 6.72. The van der Waals surface area contributed by atoms with Crippen LogP contribution in [0.5, 0.6) is 5.75 Å². The van der Waals surface area contributed by atoms with Crippen LogP contribution in [0.4, 0.5) is 0 Å². The highest BCUT2D eigenvalue weighted by Crippen LogP contribution is 2.27. The summed E-state index contributed by atoms with van der Waals surface area (Å²) in [5.41, 5.74) is 0. The number of halogens is 3. The minimum atomic E-state index is -0.0254. The molecule has 1 N–H and O–H groups in total. The first-order valence-corrected chi connectivity index (χ1v) is 6.49. The van der Waals surface area contributed by atoms with E-state index in [1.165, 1.54) is 0 Å². The average Bonchev–Trinajstić information content (AvgIpc) is 2.38. The van der Waals surface area contributed by atoms with E-state index >= 15 is 0 Å². The fraction of sp³-hybridized carbons (Fsp3) is 0.417. The Balaban J connectivity index is 0.00000180. The van der Waals surface area contributed by atoms with Crippen LogP contribution in [0.3, 0.4) is 0 Å². The van der Waals surface area contributed by atoms with E-state index in [9.17, 15) is 4.79 Å². The van der Waals surface area contributed by atoms with Crippen molar-refractivity contribution in [2.75, 3.05) is 32.8 Å². The number of amides is 1. The number of hydrogen-bond donors (Lipinski definition) is 1. The molecule has 0 atom stereocenters. The molecule has 0 aromatic heterocycles. The van der Waals surface area contributed by atoms with Crippen molar-refractivity contribution in [1.29, 1.82) is 0 Å². The minimum Gasteiger partial charge on any atom is -0.482 e. The van der Waals surface area contributed by atoms with Gasteiger partial charge in [0.05, 0.1) is 5.02 Å². The van der Waals surface area contributed by atoms with Crippen molar-refractivity contribution in [2.45, 2.75) is 0 Å². The van der Waals surface area contributed by atoms with E-state index in [4.69, 9.17) is 27.9 Å². The molecule has 1 aromatic rings. The van der Waals surface area contributed by atoms with Crippen LogP contribution in [0.25, 0.3) is 0 Å². The van der Waals surface area contributed by atoms with Gasteiger partial charge in [0.25, 0.3) is 5.91 Å². The maximum absolute atomic E-state index is 11.9. The number of nitrogens with zero attached hydrogens (tertiary/aromatic N) is 1. The van der Waals surface area contributed by atoms with Crippen molar-refractivity contribution < 1.29 is 9.53 Å². The Bertz CT molecular complexity index is 437. The fourth-order valence-corrected chi connectivity index (χ4v) is 2.20. The fourth-order valence-electron chi connectivity index (χ4n) is 1.74. The Labute approximate surface area is 128 Å². The van der Waals surface area contributed by atoms with Gasteiger partial charge in [0, 0.05) is 31.2 Å². The van der Waals surface area contributed by atoms with E-state index in [2.05, 4.69) is 5.32 Å². The molecule has 0 aliphatic carbocycles. The van der Waals surface area contributed by atoms with Gasteiger partial charge in [-0.1, -0.05) is 23.2 Å². The molecule has 1 aromatic carbocycles. The summed E-state index contributed by atoms with van der Waals surface area (Å²) in [5, 5.41) is 4.14. The topological polar surface area (TPSA) is 41.6 Å². The lowest BCUT2D eigenvalue weighted by Gasteiger charge is -2.27. The van der Waals surface area contributed by atoms with Crippen molar-refractivity contribution >= 4 is 41.5 Å². The Hall–Kier alpha value is -0.680. The van der Waals surface area contributed by atoms with E-state index in [0.717, 1.165) is 26.2 Å². The molecule has 0 unspecified atom stereocenters. The van der Waals surface area contributed by atoms with Crippen molar-refractivity contribution in [2.24, 2.45) is 0 Å². The van der Waals surface area contributed by atoms with Crippen LogP contribution in [-0.2, 0) is 4.79 Å². The van der Waals surface area contributed by atoms with E-state index in [0.29, 0.717) is 15.8 Å². The zero-order valence-electron chi connectivity index (χ0n) is 10.2. The predicted molar refractivity (Wildman–Crippen MR) is 78.7 cm³/mol. The van der Waals surface area contributed by atoms with Crippen LogP contribution in [0.1, 0.15) is 0 Å². The normalized spacial score (nSPS) is 14.7. The summed E-state index contributed by atoms with van der Waals surface area (Å²) in [7, 11) is 0. The van der Waals surface area contributed by atoms with Gasteiger partial charge in [0.15, 0.2) is 6.61 Å². The Morgan fingerprint density at radius 2 is 2.00 bits per heavy atom. The second kappa shape index (κ2) is 7.80. The SMILES string of the molecule is Cl.O=C(COc1ccc(Cl)cc1Cl)N1CCNCC1. The lowest BCUT2D eigenvalue weighted by Crippen LogP contribution is -2.47. The Morgan fingerprint density at radius 3 is 2.63 bits per heavy atom. The summed E-state index contributed by atoms with van der Waals surface area (Å²) in [6.07, 6.45) is 0. The molecule has 7 heteroatoms. The van der Waals surface area contributed by atoms with Crippen LogP contribution >= 0.6 is 35.6 Å². The van der Waals surface area contributed by atoms with E-state index < -0.39 is 0 Å². The van der Waals surface area contributed by atoms with Gasteiger partial charge >= 0.3 is 0 Å². The van der Waals surface area contributed by atoms with Gasteiger partial charge in [-0.2, -0.15) is 0 Å². The van der Waals surface area contributed by atoms with Gasteiger partial charge < -0.3 is 15.0 Å². The highest BCUT2D eigenvalue weighted by molar-refractivity contribution is 6.35. The number of rotatable bonds is 3. The van der Waals surface area contributed by atoms with Crippen molar-refractivity contribution in [1.82, 2.24) is 10.2 Å². The average molecular weight is 326 g/mol. The molecule has 0 bridgehead atoms. The number of carbonyl (C=O) groups is 1. The summed E-state index contributed by atoms with van der Waals surface area (Å²) in [4.78, 5) is 13.6. The molecule has 0 radical (unpaired) electrons. The third kappa shape index (κ3) is 4.73. The molecule has 2 rings (SSSR count). The molecule has 1 aliphatic rings. The predicted octanol–water partition coefficient (Wildman–Crippen LogP) is 2.23.